The average molecular weight is 290 g/mol. The molecule has 0 amide bonds. The van der Waals surface area contributed by atoms with Crippen LogP contribution in [0.2, 0.25) is 0 Å². The van der Waals surface area contributed by atoms with E-state index in [1.165, 1.54) is 0 Å². The maximum atomic E-state index is 5.45. The summed E-state index contributed by atoms with van der Waals surface area (Å²) in [4.78, 5) is 15.0. The Bertz CT molecular complexity index is 566. The third-order valence-electron chi connectivity index (χ3n) is 3.24. The number of nitrogens with one attached hydrogen (secondary N) is 1. The van der Waals surface area contributed by atoms with E-state index in [1.54, 1.807) is 17.1 Å². The first-order valence-corrected chi connectivity index (χ1v) is 6.96. The van der Waals surface area contributed by atoms with Crippen LogP contribution < -0.4 is 16.2 Å². The van der Waals surface area contributed by atoms with Crippen molar-refractivity contribution in [3.05, 3.63) is 18.5 Å². The summed E-state index contributed by atoms with van der Waals surface area (Å²) in [6.07, 6.45) is 4.49. The van der Waals surface area contributed by atoms with Gasteiger partial charge in [-0.1, -0.05) is 13.8 Å². The number of nitrogen functional groups attached to an aromatic ring is 1. The van der Waals surface area contributed by atoms with E-state index >= 15 is 0 Å². The van der Waals surface area contributed by atoms with Crippen LogP contribution in [-0.2, 0) is 0 Å². The third-order valence-corrected chi connectivity index (χ3v) is 3.24. The summed E-state index contributed by atoms with van der Waals surface area (Å²) in [6.45, 7) is 6.53. The minimum Gasteiger partial charge on any atom is -0.341 e. The number of rotatable bonds is 6. The molecule has 3 N–H and O–H groups in total. The summed E-state index contributed by atoms with van der Waals surface area (Å²) < 4.78 is 1.58. The minimum atomic E-state index is 0.309. The van der Waals surface area contributed by atoms with E-state index in [2.05, 4.69) is 46.2 Å². The largest absolute Gasteiger partial charge is 0.341 e. The van der Waals surface area contributed by atoms with Crippen molar-refractivity contribution in [3.63, 3.8) is 0 Å². The summed E-state index contributed by atoms with van der Waals surface area (Å²) in [5.74, 6) is 7.36. The summed E-state index contributed by atoms with van der Waals surface area (Å²) in [6, 6.07) is 2.12. The first kappa shape index (κ1) is 15.2. The van der Waals surface area contributed by atoms with Crippen molar-refractivity contribution in [3.8, 4) is 5.95 Å². The van der Waals surface area contributed by atoms with Gasteiger partial charge in [0.25, 0.3) is 5.95 Å². The zero-order valence-electron chi connectivity index (χ0n) is 12.9. The van der Waals surface area contributed by atoms with Gasteiger partial charge in [-0.15, -0.1) is 0 Å². The van der Waals surface area contributed by atoms with Crippen molar-refractivity contribution < 1.29 is 0 Å². The van der Waals surface area contributed by atoms with E-state index in [1.807, 2.05) is 18.0 Å². The van der Waals surface area contributed by atoms with Gasteiger partial charge in [0, 0.05) is 25.5 Å². The standard InChI is InChI=1S/C13H22N8/c1-9(2)8-10(3)20(4)12-16-11(19-14)17-13(18-12)21-7-5-6-15-21/h5-7,9-10H,8,14H2,1-4H3,(H,16,17,18,19). The van der Waals surface area contributed by atoms with Crippen LogP contribution in [0.5, 0.6) is 0 Å². The summed E-state index contributed by atoms with van der Waals surface area (Å²) >= 11 is 0. The van der Waals surface area contributed by atoms with E-state index in [4.69, 9.17) is 5.84 Å². The van der Waals surface area contributed by atoms with Crippen molar-refractivity contribution in [2.75, 3.05) is 17.4 Å². The number of hydrogen-bond acceptors (Lipinski definition) is 7. The average Bonchev–Trinajstić information content (AvgIpc) is 2.99. The zero-order chi connectivity index (χ0) is 15.4. The highest BCUT2D eigenvalue weighted by atomic mass is 15.4. The second kappa shape index (κ2) is 6.49. The lowest BCUT2D eigenvalue weighted by molar-refractivity contribution is 0.499. The molecule has 0 radical (unpaired) electrons. The molecule has 0 bridgehead atoms. The Morgan fingerprint density at radius 2 is 2.05 bits per heavy atom. The Morgan fingerprint density at radius 1 is 1.29 bits per heavy atom. The lowest BCUT2D eigenvalue weighted by Crippen LogP contribution is -2.32. The predicted molar refractivity (Wildman–Crippen MR) is 82.1 cm³/mol. The molecular formula is C13H22N8. The minimum absolute atomic E-state index is 0.309. The molecular weight excluding hydrogens is 268 g/mol. The van der Waals surface area contributed by atoms with Crippen LogP contribution in [0, 0.1) is 5.92 Å². The van der Waals surface area contributed by atoms with Crippen LogP contribution in [0.25, 0.3) is 5.95 Å². The molecule has 1 unspecified atom stereocenters. The molecule has 8 nitrogen and oxygen atoms in total. The molecule has 0 saturated heterocycles. The molecule has 0 aliphatic carbocycles. The summed E-state index contributed by atoms with van der Waals surface area (Å²) in [5.41, 5.74) is 2.47. The first-order valence-electron chi connectivity index (χ1n) is 6.96. The van der Waals surface area contributed by atoms with Gasteiger partial charge in [-0.25, -0.2) is 10.5 Å². The molecule has 2 heterocycles. The molecule has 0 aromatic carbocycles. The summed E-state index contributed by atoms with van der Waals surface area (Å²) in [5, 5.41) is 4.13. The summed E-state index contributed by atoms with van der Waals surface area (Å²) in [7, 11) is 1.97. The van der Waals surface area contributed by atoms with Crippen LogP contribution in [0.4, 0.5) is 11.9 Å². The molecule has 0 saturated carbocycles. The second-order valence-corrected chi connectivity index (χ2v) is 5.44. The van der Waals surface area contributed by atoms with E-state index in [0.717, 1.165) is 6.42 Å². The monoisotopic (exact) mass is 290 g/mol. The molecule has 8 heteroatoms. The van der Waals surface area contributed by atoms with Gasteiger partial charge in [-0.2, -0.15) is 20.1 Å². The molecule has 1 atom stereocenters. The highest BCUT2D eigenvalue weighted by molar-refractivity contribution is 5.39. The number of nitrogens with zero attached hydrogens (tertiary/aromatic N) is 6. The molecule has 2 aromatic rings. The van der Waals surface area contributed by atoms with Gasteiger partial charge in [-0.05, 0) is 25.3 Å². The lowest BCUT2D eigenvalue weighted by Gasteiger charge is -2.26. The van der Waals surface area contributed by atoms with Gasteiger partial charge >= 0.3 is 0 Å². The molecule has 2 aromatic heterocycles. The van der Waals surface area contributed by atoms with E-state index in [-0.39, 0.29) is 0 Å². The fourth-order valence-corrected chi connectivity index (χ4v) is 2.10. The molecule has 0 aliphatic heterocycles. The van der Waals surface area contributed by atoms with Crippen molar-refractivity contribution in [1.82, 2.24) is 24.7 Å². The first-order chi connectivity index (χ1) is 10.0. The second-order valence-electron chi connectivity index (χ2n) is 5.44. The van der Waals surface area contributed by atoms with Crippen LogP contribution in [0.1, 0.15) is 27.2 Å². The molecule has 0 spiro atoms. The molecule has 114 valence electrons. The molecule has 21 heavy (non-hydrogen) atoms. The van der Waals surface area contributed by atoms with Gasteiger partial charge in [0.1, 0.15) is 0 Å². The number of hydrazine groups is 1. The Kier molecular flexibility index (Phi) is 4.69. The Labute approximate surface area is 124 Å². The Morgan fingerprint density at radius 3 is 2.62 bits per heavy atom. The highest BCUT2D eigenvalue weighted by Gasteiger charge is 2.17. The van der Waals surface area contributed by atoms with Crippen molar-refractivity contribution >= 4 is 11.9 Å². The van der Waals surface area contributed by atoms with Crippen LogP contribution in [0.3, 0.4) is 0 Å². The Balaban J connectivity index is 2.32. The van der Waals surface area contributed by atoms with Crippen LogP contribution >= 0.6 is 0 Å². The van der Waals surface area contributed by atoms with Crippen molar-refractivity contribution in [2.24, 2.45) is 11.8 Å². The number of anilines is 2. The van der Waals surface area contributed by atoms with Crippen molar-refractivity contribution in [1.29, 1.82) is 0 Å². The quantitative estimate of drug-likeness (QED) is 0.609. The molecule has 0 aliphatic rings. The van der Waals surface area contributed by atoms with E-state index in [9.17, 15) is 0 Å². The van der Waals surface area contributed by atoms with Gasteiger partial charge in [0.05, 0.1) is 0 Å². The van der Waals surface area contributed by atoms with Crippen LogP contribution in [-0.4, -0.2) is 37.8 Å². The van der Waals surface area contributed by atoms with Crippen LogP contribution in [0.15, 0.2) is 18.5 Å². The fourth-order valence-electron chi connectivity index (χ4n) is 2.10. The van der Waals surface area contributed by atoms with Gasteiger partial charge < -0.3 is 4.90 Å². The number of aromatic nitrogens is 5. The zero-order valence-corrected chi connectivity index (χ0v) is 12.9. The molecule has 0 fully saturated rings. The number of hydrogen-bond donors (Lipinski definition) is 2. The topological polar surface area (TPSA) is 97.8 Å². The SMILES string of the molecule is CC(C)CC(C)N(C)c1nc(NN)nc(-n2cccn2)n1. The van der Waals surface area contributed by atoms with Crippen molar-refractivity contribution in [2.45, 2.75) is 33.2 Å². The van der Waals surface area contributed by atoms with Gasteiger partial charge in [-0.3, -0.25) is 5.43 Å². The lowest BCUT2D eigenvalue weighted by atomic mass is 10.0. The fraction of sp³-hybridized carbons (Fsp3) is 0.538. The third kappa shape index (κ3) is 3.66. The molecule has 2 rings (SSSR count). The van der Waals surface area contributed by atoms with E-state index in [0.29, 0.717) is 29.8 Å². The van der Waals surface area contributed by atoms with Gasteiger partial charge in [0.2, 0.25) is 11.9 Å². The maximum absolute atomic E-state index is 5.45. The number of nitrogens with two attached hydrogens (primary N) is 1. The predicted octanol–water partition coefficient (Wildman–Crippen LogP) is 1.21. The normalized spacial score (nSPS) is 12.5. The van der Waals surface area contributed by atoms with E-state index < -0.39 is 0 Å². The smallest absolute Gasteiger partial charge is 0.257 e. The maximum Gasteiger partial charge on any atom is 0.257 e. The Hall–Kier alpha value is -2.22. The van der Waals surface area contributed by atoms with Gasteiger partial charge in [0.15, 0.2) is 0 Å². The highest BCUT2D eigenvalue weighted by Crippen LogP contribution is 2.17.